The second-order valence-electron chi connectivity index (χ2n) is 6.83. The molecule has 0 atom stereocenters. The average molecular weight is 316 g/mol. The third-order valence-electron chi connectivity index (χ3n) is 4.63. The van der Waals surface area contributed by atoms with Crippen LogP contribution in [0, 0.1) is 0 Å². The lowest BCUT2D eigenvalue weighted by molar-refractivity contribution is 0.425. The Labute approximate surface area is 136 Å². The van der Waals surface area contributed by atoms with Crippen LogP contribution >= 0.6 is 11.3 Å². The summed E-state index contributed by atoms with van der Waals surface area (Å²) in [5.41, 5.74) is 1.53. The minimum atomic E-state index is 0.609. The number of hydrogen-bond acceptors (Lipinski definition) is 5. The van der Waals surface area contributed by atoms with E-state index >= 15 is 0 Å². The van der Waals surface area contributed by atoms with Crippen molar-refractivity contribution in [1.82, 2.24) is 14.9 Å². The van der Waals surface area contributed by atoms with Crippen LogP contribution in [0.4, 0.5) is 5.82 Å². The highest BCUT2D eigenvalue weighted by atomic mass is 32.1. The number of rotatable bonds is 5. The van der Waals surface area contributed by atoms with E-state index in [0.717, 1.165) is 24.7 Å². The van der Waals surface area contributed by atoms with Gasteiger partial charge in [-0.05, 0) is 58.2 Å². The molecule has 2 aromatic rings. The molecule has 2 heterocycles. The molecule has 0 aliphatic heterocycles. The van der Waals surface area contributed by atoms with Crippen molar-refractivity contribution < 1.29 is 0 Å². The highest BCUT2D eigenvalue weighted by Crippen LogP contribution is 2.43. The topological polar surface area (TPSA) is 41.0 Å². The van der Waals surface area contributed by atoms with Crippen LogP contribution in [-0.2, 0) is 12.8 Å². The summed E-state index contributed by atoms with van der Waals surface area (Å²) in [6, 6.07) is 0. The number of nitrogens with zero attached hydrogens (tertiary/aromatic N) is 3. The normalized spacial score (nSPS) is 18.0. The molecule has 0 amide bonds. The van der Waals surface area contributed by atoms with Crippen molar-refractivity contribution >= 4 is 27.4 Å². The van der Waals surface area contributed by atoms with Crippen molar-refractivity contribution in [2.45, 2.75) is 44.4 Å². The molecule has 2 aliphatic rings. The van der Waals surface area contributed by atoms with E-state index in [1.54, 1.807) is 4.88 Å². The Balaban J connectivity index is 1.74. The number of likely N-dealkylation sites (N-methyl/N-ethyl adjacent to an activating group) is 1. The lowest BCUT2D eigenvalue weighted by Gasteiger charge is -2.14. The van der Waals surface area contributed by atoms with E-state index in [1.807, 2.05) is 11.3 Å². The molecule has 2 aliphatic carbocycles. The van der Waals surface area contributed by atoms with E-state index in [1.165, 1.54) is 54.3 Å². The highest BCUT2D eigenvalue weighted by Gasteiger charge is 2.29. The SMILES string of the molecule is CN(C)CCNc1nc(C2CC2)nc2sc3c(c12)CCCC3. The summed E-state index contributed by atoms with van der Waals surface area (Å²) in [5, 5.41) is 4.91. The zero-order valence-corrected chi connectivity index (χ0v) is 14.3. The van der Waals surface area contributed by atoms with Gasteiger partial charge in [-0.3, -0.25) is 0 Å². The number of fused-ring (bicyclic) bond motifs is 3. The molecular weight excluding hydrogens is 292 g/mol. The third-order valence-corrected chi connectivity index (χ3v) is 5.81. The second kappa shape index (κ2) is 5.78. The molecular formula is C17H24N4S. The molecule has 0 saturated heterocycles. The Bertz CT molecular complexity index is 688. The molecule has 1 saturated carbocycles. The predicted octanol–water partition coefficient (Wildman–Crippen LogP) is 3.42. The Morgan fingerprint density at radius 3 is 2.77 bits per heavy atom. The van der Waals surface area contributed by atoms with E-state index < -0.39 is 0 Å². The molecule has 5 heteroatoms. The quantitative estimate of drug-likeness (QED) is 0.917. The van der Waals surface area contributed by atoms with Gasteiger partial charge in [0.25, 0.3) is 0 Å². The van der Waals surface area contributed by atoms with Gasteiger partial charge in [0, 0.05) is 23.9 Å². The van der Waals surface area contributed by atoms with Crippen molar-refractivity contribution in [2.75, 3.05) is 32.5 Å². The Morgan fingerprint density at radius 1 is 1.18 bits per heavy atom. The number of anilines is 1. The molecule has 0 radical (unpaired) electrons. The molecule has 0 unspecified atom stereocenters. The van der Waals surface area contributed by atoms with Gasteiger partial charge < -0.3 is 10.2 Å². The van der Waals surface area contributed by atoms with Gasteiger partial charge in [-0.2, -0.15) is 0 Å². The first-order valence-corrected chi connectivity index (χ1v) is 9.25. The number of aryl methyl sites for hydroxylation is 2. The summed E-state index contributed by atoms with van der Waals surface area (Å²) in [4.78, 5) is 14.8. The summed E-state index contributed by atoms with van der Waals surface area (Å²) in [6.45, 7) is 1.96. The van der Waals surface area contributed by atoms with Crippen LogP contribution in [0.1, 0.15) is 47.9 Å². The average Bonchev–Trinajstić information content (AvgIpc) is 3.27. The zero-order chi connectivity index (χ0) is 15.1. The first-order chi connectivity index (χ1) is 10.7. The number of aromatic nitrogens is 2. The summed E-state index contributed by atoms with van der Waals surface area (Å²) >= 11 is 1.91. The van der Waals surface area contributed by atoms with Gasteiger partial charge in [-0.15, -0.1) is 11.3 Å². The Hall–Kier alpha value is -1.20. The van der Waals surface area contributed by atoms with Gasteiger partial charge in [0.05, 0.1) is 5.39 Å². The maximum absolute atomic E-state index is 4.91. The minimum Gasteiger partial charge on any atom is -0.368 e. The van der Waals surface area contributed by atoms with Crippen molar-refractivity contribution in [2.24, 2.45) is 0 Å². The van der Waals surface area contributed by atoms with E-state index in [-0.39, 0.29) is 0 Å². The van der Waals surface area contributed by atoms with Crippen LogP contribution < -0.4 is 5.32 Å². The molecule has 0 bridgehead atoms. The van der Waals surface area contributed by atoms with E-state index in [2.05, 4.69) is 24.3 Å². The fourth-order valence-electron chi connectivity index (χ4n) is 3.22. The van der Waals surface area contributed by atoms with E-state index in [0.29, 0.717) is 5.92 Å². The summed E-state index contributed by atoms with van der Waals surface area (Å²) in [6.07, 6.45) is 7.57. The summed E-state index contributed by atoms with van der Waals surface area (Å²) < 4.78 is 0. The summed E-state index contributed by atoms with van der Waals surface area (Å²) in [7, 11) is 4.22. The first kappa shape index (κ1) is 14.4. The predicted molar refractivity (Wildman–Crippen MR) is 93.1 cm³/mol. The maximum Gasteiger partial charge on any atom is 0.138 e. The fourth-order valence-corrected chi connectivity index (χ4v) is 4.49. The van der Waals surface area contributed by atoms with Gasteiger partial charge in [0.1, 0.15) is 16.5 Å². The molecule has 4 rings (SSSR count). The second-order valence-corrected chi connectivity index (χ2v) is 7.91. The smallest absolute Gasteiger partial charge is 0.138 e. The molecule has 1 fully saturated rings. The fraction of sp³-hybridized carbons (Fsp3) is 0.647. The van der Waals surface area contributed by atoms with Gasteiger partial charge in [0.15, 0.2) is 0 Å². The molecule has 22 heavy (non-hydrogen) atoms. The lowest BCUT2D eigenvalue weighted by Crippen LogP contribution is -2.21. The van der Waals surface area contributed by atoms with Crippen LogP contribution in [0.5, 0.6) is 0 Å². The number of thiophene rings is 1. The number of hydrogen-bond donors (Lipinski definition) is 1. The van der Waals surface area contributed by atoms with Crippen molar-refractivity contribution in [3.8, 4) is 0 Å². The van der Waals surface area contributed by atoms with E-state index in [9.17, 15) is 0 Å². The lowest BCUT2D eigenvalue weighted by atomic mass is 9.97. The Morgan fingerprint density at radius 2 is 2.00 bits per heavy atom. The van der Waals surface area contributed by atoms with Crippen LogP contribution in [-0.4, -0.2) is 42.1 Å². The van der Waals surface area contributed by atoms with Gasteiger partial charge in [-0.25, -0.2) is 9.97 Å². The number of nitrogens with one attached hydrogen (secondary N) is 1. The van der Waals surface area contributed by atoms with Gasteiger partial charge in [-0.1, -0.05) is 0 Å². The maximum atomic E-state index is 4.91. The molecule has 2 aromatic heterocycles. The molecule has 118 valence electrons. The van der Waals surface area contributed by atoms with Crippen LogP contribution in [0.2, 0.25) is 0 Å². The monoisotopic (exact) mass is 316 g/mol. The van der Waals surface area contributed by atoms with Crippen LogP contribution in [0.25, 0.3) is 10.2 Å². The molecule has 0 aromatic carbocycles. The van der Waals surface area contributed by atoms with Crippen LogP contribution in [0.15, 0.2) is 0 Å². The third kappa shape index (κ3) is 2.72. The highest BCUT2D eigenvalue weighted by molar-refractivity contribution is 7.19. The van der Waals surface area contributed by atoms with Crippen LogP contribution in [0.3, 0.4) is 0 Å². The largest absolute Gasteiger partial charge is 0.368 e. The van der Waals surface area contributed by atoms with Gasteiger partial charge in [0.2, 0.25) is 0 Å². The van der Waals surface area contributed by atoms with Gasteiger partial charge >= 0.3 is 0 Å². The molecule has 4 nitrogen and oxygen atoms in total. The first-order valence-electron chi connectivity index (χ1n) is 8.43. The van der Waals surface area contributed by atoms with Crippen molar-refractivity contribution in [3.05, 3.63) is 16.3 Å². The van der Waals surface area contributed by atoms with Crippen molar-refractivity contribution in [3.63, 3.8) is 0 Å². The Kier molecular flexibility index (Phi) is 3.78. The minimum absolute atomic E-state index is 0.609. The van der Waals surface area contributed by atoms with Crippen molar-refractivity contribution in [1.29, 1.82) is 0 Å². The summed E-state index contributed by atoms with van der Waals surface area (Å²) in [5.74, 6) is 2.77. The molecule has 1 N–H and O–H groups in total. The molecule has 0 spiro atoms. The standard InChI is InChI=1S/C17H24N4S/c1-21(2)10-9-18-16-14-12-5-3-4-6-13(12)22-17(14)20-15(19-16)11-7-8-11/h11H,3-10H2,1-2H3,(H,18,19,20). The zero-order valence-electron chi connectivity index (χ0n) is 13.5. The van der Waals surface area contributed by atoms with E-state index in [4.69, 9.17) is 9.97 Å².